The number of ether oxygens (including phenoxy) is 1. The maximum absolute atomic E-state index is 5.95. The average Bonchev–Trinajstić information content (AvgIpc) is 2.70. The van der Waals surface area contributed by atoms with Crippen LogP contribution in [0, 0.1) is 6.92 Å². The van der Waals surface area contributed by atoms with Gasteiger partial charge in [0, 0.05) is 6.54 Å². The molecule has 0 radical (unpaired) electrons. The molecule has 0 spiro atoms. The average molecular weight is 269 g/mol. The Kier molecular flexibility index (Phi) is 3.61. The molecule has 0 saturated heterocycles. The van der Waals surface area contributed by atoms with E-state index in [1.165, 1.54) is 11.8 Å². The lowest BCUT2D eigenvalue weighted by Gasteiger charge is -2.06. The lowest BCUT2D eigenvalue weighted by Crippen LogP contribution is -2.10. The number of halogens is 1. The third kappa shape index (κ3) is 2.51. The SMILES string of the molecule is CCNc1nc(OC)nc(-n2cc(Cl)c(C)n2)n1. The predicted octanol–water partition coefficient (Wildman–Crippen LogP) is 1.46. The predicted molar refractivity (Wildman–Crippen MR) is 67.4 cm³/mol. The fourth-order valence-electron chi connectivity index (χ4n) is 1.32. The highest BCUT2D eigenvalue weighted by molar-refractivity contribution is 6.31. The van der Waals surface area contributed by atoms with Crippen molar-refractivity contribution in [1.82, 2.24) is 24.7 Å². The Bertz CT molecular complexity index is 536. The number of aromatic nitrogens is 5. The van der Waals surface area contributed by atoms with Crippen molar-refractivity contribution in [2.24, 2.45) is 0 Å². The minimum absolute atomic E-state index is 0.222. The fourth-order valence-corrected chi connectivity index (χ4v) is 1.45. The number of rotatable bonds is 4. The number of methoxy groups -OCH3 is 1. The summed E-state index contributed by atoms with van der Waals surface area (Å²) in [6, 6.07) is 0.222. The van der Waals surface area contributed by atoms with Crippen LogP contribution in [0.25, 0.3) is 5.95 Å². The molecule has 0 bridgehead atoms. The number of nitrogens with one attached hydrogen (secondary N) is 1. The molecule has 0 aromatic carbocycles. The summed E-state index contributed by atoms with van der Waals surface area (Å²) in [5.41, 5.74) is 0.709. The molecule has 0 unspecified atom stereocenters. The first-order valence-electron chi connectivity index (χ1n) is 5.40. The van der Waals surface area contributed by atoms with Crippen LogP contribution in [-0.2, 0) is 0 Å². The lowest BCUT2D eigenvalue weighted by atomic mass is 10.5. The quantitative estimate of drug-likeness (QED) is 0.904. The highest BCUT2D eigenvalue weighted by Gasteiger charge is 2.10. The summed E-state index contributed by atoms with van der Waals surface area (Å²) >= 11 is 5.95. The van der Waals surface area contributed by atoms with Crippen molar-refractivity contribution in [3.8, 4) is 12.0 Å². The Hall–Kier alpha value is -1.89. The van der Waals surface area contributed by atoms with Gasteiger partial charge in [0.1, 0.15) is 0 Å². The van der Waals surface area contributed by atoms with Crippen LogP contribution in [0.1, 0.15) is 12.6 Å². The topological polar surface area (TPSA) is 77.8 Å². The van der Waals surface area contributed by atoms with Crippen LogP contribution < -0.4 is 10.1 Å². The minimum Gasteiger partial charge on any atom is -0.467 e. The van der Waals surface area contributed by atoms with Gasteiger partial charge in [0.2, 0.25) is 5.95 Å². The standard InChI is InChI=1S/C10H13ClN6O/c1-4-12-8-13-9(15-10(14-8)18-3)17-5-7(11)6(2)16-17/h5H,4H2,1-3H3,(H,12,13,14,15). The maximum Gasteiger partial charge on any atom is 0.322 e. The molecule has 2 aromatic heterocycles. The van der Waals surface area contributed by atoms with Gasteiger partial charge in [0.15, 0.2) is 0 Å². The van der Waals surface area contributed by atoms with Crippen molar-refractivity contribution in [2.75, 3.05) is 19.0 Å². The van der Waals surface area contributed by atoms with E-state index >= 15 is 0 Å². The first-order valence-corrected chi connectivity index (χ1v) is 5.78. The van der Waals surface area contributed by atoms with Gasteiger partial charge >= 0.3 is 6.01 Å². The van der Waals surface area contributed by atoms with Crippen LogP contribution in [-0.4, -0.2) is 38.4 Å². The van der Waals surface area contributed by atoms with Crippen molar-refractivity contribution in [3.63, 3.8) is 0 Å². The second-order valence-electron chi connectivity index (χ2n) is 3.48. The summed E-state index contributed by atoms with van der Waals surface area (Å²) in [4.78, 5) is 12.4. The smallest absolute Gasteiger partial charge is 0.322 e. The molecule has 0 amide bonds. The van der Waals surface area contributed by atoms with Crippen molar-refractivity contribution in [1.29, 1.82) is 0 Å². The zero-order valence-corrected chi connectivity index (χ0v) is 11.1. The minimum atomic E-state index is 0.222. The van der Waals surface area contributed by atoms with E-state index in [9.17, 15) is 0 Å². The van der Waals surface area contributed by atoms with Gasteiger partial charge in [0.25, 0.3) is 5.95 Å². The molecule has 96 valence electrons. The largest absolute Gasteiger partial charge is 0.467 e. The summed E-state index contributed by atoms with van der Waals surface area (Å²) in [5.74, 6) is 0.788. The molecule has 0 aliphatic carbocycles. The molecule has 0 aliphatic heterocycles. The Morgan fingerprint density at radius 1 is 1.39 bits per heavy atom. The van der Waals surface area contributed by atoms with Gasteiger partial charge in [0.05, 0.1) is 24.0 Å². The van der Waals surface area contributed by atoms with Crippen LogP contribution >= 0.6 is 11.6 Å². The maximum atomic E-state index is 5.95. The molecule has 0 aliphatic rings. The van der Waals surface area contributed by atoms with E-state index in [-0.39, 0.29) is 6.01 Å². The van der Waals surface area contributed by atoms with E-state index in [0.29, 0.717) is 29.2 Å². The van der Waals surface area contributed by atoms with Gasteiger partial charge in [-0.15, -0.1) is 0 Å². The lowest BCUT2D eigenvalue weighted by molar-refractivity contribution is 0.377. The van der Waals surface area contributed by atoms with Gasteiger partial charge < -0.3 is 10.1 Å². The number of hydrogen-bond acceptors (Lipinski definition) is 6. The van der Waals surface area contributed by atoms with Crippen molar-refractivity contribution in [2.45, 2.75) is 13.8 Å². The van der Waals surface area contributed by atoms with Gasteiger partial charge in [-0.3, -0.25) is 0 Å². The molecule has 0 atom stereocenters. The molecular weight excluding hydrogens is 256 g/mol. The number of nitrogens with zero attached hydrogens (tertiary/aromatic N) is 5. The molecule has 7 nitrogen and oxygen atoms in total. The fraction of sp³-hybridized carbons (Fsp3) is 0.400. The first-order chi connectivity index (χ1) is 8.63. The van der Waals surface area contributed by atoms with Crippen molar-refractivity contribution < 1.29 is 4.74 Å². The molecule has 1 N–H and O–H groups in total. The second-order valence-corrected chi connectivity index (χ2v) is 3.89. The van der Waals surface area contributed by atoms with Crippen LogP contribution in [0.5, 0.6) is 6.01 Å². The summed E-state index contributed by atoms with van der Waals surface area (Å²) in [5, 5.41) is 7.76. The Labute approximate surface area is 109 Å². The highest BCUT2D eigenvalue weighted by atomic mass is 35.5. The monoisotopic (exact) mass is 268 g/mol. The Balaban J connectivity index is 2.45. The third-order valence-corrected chi connectivity index (χ3v) is 2.54. The summed E-state index contributed by atoms with van der Waals surface area (Å²) < 4.78 is 6.51. The normalized spacial score (nSPS) is 10.4. The zero-order chi connectivity index (χ0) is 13.1. The summed E-state index contributed by atoms with van der Waals surface area (Å²) in [6.07, 6.45) is 1.64. The van der Waals surface area contributed by atoms with Gasteiger partial charge in [-0.2, -0.15) is 20.1 Å². The van der Waals surface area contributed by atoms with Crippen molar-refractivity contribution in [3.05, 3.63) is 16.9 Å². The summed E-state index contributed by atoms with van der Waals surface area (Å²) in [7, 11) is 1.50. The molecular formula is C10H13ClN6O. The molecule has 2 aromatic rings. The van der Waals surface area contributed by atoms with E-state index in [2.05, 4.69) is 25.4 Å². The number of anilines is 1. The number of hydrogen-bond donors (Lipinski definition) is 1. The van der Waals surface area contributed by atoms with E-state index in [4.69, 9.17) is 16.3 Å². The second kappa shape index (κ2) is 5.18. The van der Waals surface area contributed by atoms with Gasteiger partial charge in [-0.05, 0) is 13.8 Å². The van der Waals surface area contributed by atoms with E-state index < -0.39 is 0 Å². The van der Waals surface area contributed by atoms with Crippen LogP contribution in [0.4, 0.5) is 5.95 Å². The molecule has 0 fully saturated rings. The van der Waals surface area contributed by atoms with E-state index in [1.54, 1.807) is 6.20 Å². The molecule has 8 heteroatoms. The molecule has 2 heterocycles. The molecule has 18 heavy (non-hydrogen) atoms. The Morgan fingerprint density at radius 3 is 2.72 bits per heavy atom. The third-order valence-electron chi connectivity index (χ3n) is 2.16. The first kappa shape index (κ1) is 12.6. The van der Waals surface area contributed by atoms with E-state index in [0.717, 1.165) is 0 Å². The molecule has 0 saturated carbocycles. The number of aryl methyl sites for hydroxylation is 1. The van der Waals surface area contributed by atoms with Crippen molar-refractivity contribution >= 4 is 17.5 Å². The van der Waals surface area contributed by atoms with Crippen LogP contribution in [0.2, 0.25) is 5.02 Å². The van der Waals surface area contributed by atoms with Crippen LogP contribution in [0.3, 0.4) is 0 Å². The molecule has 2 rings (SSSR count). The van der Waals surface area contributed by atoms with Gasteiger partial charge in [-0.1, -0.05) is 11.6 Å². The van der Waals surface area contributed by atoms with Crippen LogP contribution in [0.15, 0.2) is 6.20 Å². The zero-order valence-electron chi connectivity index (χ0n) is 10.3. The highest BCUT2D eigenvalue weighted by Crippen LogP contribution is 2.16. The summed E-state index contributed by atoms with van der Waals surface area (Å²) in [6.45, 7) is 4.46. The van der Waals surface area contributed by atoms with Gasteiger partial charge in [-0.25, -0.2) is 4.68 Å². The Morgan fingerprint density at radius 2 is 2.17 bits per heavy atom. The van der Waals surface area contributed by atoms with E-state index in [1.807, 2.05) is 13.8 Å².